The van der Waals surface area contributed by atoms with Crippen LogP contribution in [0.25, 0.3) is 0 Å². The summed E-state index contributed by atoms with van der Waals surface area (Å²) in [7, 11) is -2.42. The van der Waals surface area contributed by atoms with Crippen LogP contribution in [0, 0.1) is 0 Å². The van der Waals surface area contributed by atoms with Crippen molar-refractivity contribution in [2.24, 2.45) is 0 Å². The standard InChI is InChI=1S/C32H67ClO3Si/c1-4-34-37(35-5-2,36-6-3)32-30-28-26-24-22-20-18-16-14-12-10-8-7-9-11-13-15-17-19-21-23-25-27-29-31-33/h4-32H2,1-3H3. The van der Waals surface area contributed by atoms with E-state index in [0.29, 0.717) is 19.8 Å². The average Bonchev–Trinajstić information content (AvgIpc) is 2.89. The van der Waals surface area contributed by atoms with Gasteiger partial charge in [-0.25, -0.2) is 0 Å². The van der Waals surface area contributed by atoms with Crippen molar-refractivity contribution >= 4 is 20.4 Å². The molecule has 0 aromatic rings. The third-order valence-corrected chi connectivity index (χ3v) is 10.9. The molecule has 0 aliphatic rings. The molecule has 5 heteroatoms. The smallest absolute Gasteiger partial charge is 0.374 e. The van der Waals surface area contributed by atoms with Gasteiger partial charge in [0.25, 0.3) is 0 Å². The predicted octanol–water partition coefficient (Wildman–Crippen LogP) is 11.6. The Kier molecular flexibility index (Phi) is 31.2. The fraction of sp³-hybridized carbons (Fsp3) is 1.00. The normalized spacial score (nSPS) is 12.0. The van der Waals surface area contributed by atoms with Crippen LogP contribution < -0.4 is 0 Å². The lowest BCUT2D eigenvalue weighted by atomic mass is 10.0. The molecule has 0 aromatic carbocycles. The van der Waals surface area contributed by atoms with Crippen LogP contribution in [0.15, 0.2) is 0 Å². The molecule has 0 unspecified atom stereocenters. The maximum absolute atomic E-state index is 5.96. The van der Waals surface area contributed by atoms with E-state index in [-0.39, 0.29) is 0 Å². The second-order valence-corrected chi connectivity index (χ2v) is 14.0. The van der Waals surface area contributed by atoms with Crippen molar-refractivity contribution in [3.63, 3.8) is 0 Å². The topological polar surface area (TPSA) is 27.7 Å². The highest BCUT2D eigenvalue weighted by Gasteiger charge is 2.39. The summed E-state index contributed by atoms with van der Waals surface area (Å²) in [5, 5.41) is 0. The van der Waals surface area contributed by atoms with E-state index in [1.54, 1.807) is 0 Å². The van der Waals surface area contributed by atoms with Gasteiger partial charge in [-0.3, -0.25) is 0 Å². The maximum Gasteiger partial charge on any atom is 0.500 e. The summed E-state index contributed by atoms with van der Waals surface area (Å²) in [6.07, 6.45) is 33.6. The molecule has 0 aliphatic carbocycles. The highest BCUT2D eigenvalue weighted by Crippen LogP contribution is 2.21. The van der Waals surface area contributed by atoms with Gasteiger partial charge in [0.1, 0.15) is 0 Å². The van der Waals surface area contributed by atoms with Crippen molar-refractivity contribution < 1.29 is 13.3 Å². The van der Waals surface area contributed by atoms with Crippen LogP contribution in [-0.4, -0.2) is 34.5 Å². The third kappa shape index (κ3) is 26.4. The molecule has 0 spiro atoms. The second kappa shape index (κ2) is 30.9. The Morgan fingerprint density at radius 3 is 0.784 bits per heavy atom. The molecule has 3 nitrogen and oxygen atoms in total. The maximum atomic E-state index is 5.96. The molecule has 224 valence electrons. The van der Waals surface area contributed by atoms with E-state index in [1.807, 2.05) is 20.8 Å². The molecule has 0 N–H and O–H groups in total. The van der Waals surface area contributed by atoms with Crippen LogP contribution in [0.5, 0.6) is 0 Å². The van der Waals surface area contributed by atoms with E-state index in [9.17, 15) is 0 Å². The first kappa shape index (κ1) is 37.4. The Balaban J connectivity index is 3.29. The zero-order valence-electron chi connectivity index (χ0n) is 25.6. The average molecular weight is 563 g/mol. The summed E-state index contributed by atoms with van der Waals surface area (Å²) in [6.45, 7) is 8.17. The lowest BCUT2D eigenvalue weighted by Crippen LogP contribution is -2.45. The lowest BCUT2D eigenvalue weighted by molar-refractivity contribution is 0.0706. The predicted molar refractivity (Wildman–Crippen MR) is 167 cm³/mol. The number of hydrogen-bond acceptors (Lipinski definition) is 3. The van der Waals surface area contributed by atoms with Crippen molar-refractivity contribution in [3.05, 3.63) is 0 Å². The Morgan fingerprint density at radius 1 is 0.351 bits per heavy atom. The van der Waals surface area contributed by atoms with Crippen molar-refractivity contribution in [2.45, 2.75) is 181 Å². The third-order valence-electron chi connectivity index (χ3n) is 7.46. The SMILES string of the molecule is CCO[Si](CCCCCCCCCCCCCCCCCCCCCCCCCCCl)(OCC)OCC. The molecular formula is C32H67ClO3Si. The van der Waals surface area contributed by atoms with Gasteiger partial charge in [0.2, 0.25) is 0 Å². The molecule has 0 atom stereocenters. The number of unbranched alkanes of at least 4 members (excludes halogenated alkanes) is 23. The minimum absolute atomic E-state index is 0.684. The van der Waals surface area contributed by atoms with Gasteiger partial charge in [0.05, 0.1) is 0 Å². The number of alkyl halides is 1. The molecule has 0 rings (SSSR count). The molecule has 0 bridgehead atoms. The van der Waals surface area contributed by atoms with Crippen LogP contribution in [0.1, 0.15) is 175 Å². The van der Waals surface area contributed by atoms with E-state index in [4.69, 9.17) is 24.9 Å². The monoisotopic (exact) mass is 562 g/mol. The molecule has 37 heavy (non-hydrogen) atoms. The van der Waals surface area contributed by atoms with Crippen molar-refractivity contribution in [2.75, 3.05) is 25.7 Å². The number of rotatable bonds is 32. The van der Waals surface area contributed by atoms with Crippen LogP contribution in [0.4, 0.5) is 0 Å². The fourth-order valence-corrected chi connectivity index (χ4v) is 8.20. The van der Waals surface area contributed by atoms with Crippen LogP contribution in [-0.2, 0) is 13.3 Å². The minimum atomic E-state index is -2.42. The summed E-state index contributed by atoms with van der Waals surface area (Å²) in [5.41, 5.74) is 0. The molecule has 0 aliphatic heterocycles. The molecule has 0 fully saturated rings. The van der Waals surface area contributed by atoms with E-state index < -0.39 is 8.80 Å². The quantitative estimate of drug-likeness (QED) is 0.0463. The molecule has 0 saturated heterocycles. The zero-order valence-corrected chi connectivity index (χ0v) is 27.4. The highest BCUT2D eigenvalue weighted by atomic mass is 35.5. The number of hydrogen-bond donors (Lipinski definition) is 0. The second-order valence-electron chi connectivity index (χ2n) is 10.9. The molecule has 0 saturated carbocycles. The largest absolute Gasteiger partial charge is 0.500 e. The molecule has 0 amide bonds. The van der Waals surface area contributed by atoms with Crippen molar-refractivity contribution in [3.8, 4) is 0 Å². The van der Waals surface area contributed by atoms with Gasteiger partial charge in [-0.2, -0.15) is 0 Å². The van der Waals surface area contributed by atoms with Gasteiger partial charge in [0.15, 0.2) is 0 Å². The highest BCUT2D eigenvalue weighted by molar-refractivity contribution is 6.60. The van der Waals surface area contributed by atoms with Gasteiger partial charge in [0, 0.05) is 31.7 Å². The lowest BCUT2D eigenvalue weighted by Gasteiger charge is -2.28. The minimum Gasteiger partial charge on any atom is -0.374 e. The van der Waals surface area contributed by atoms with E-state index >= 15 is 0 Å². The summed E-state index contributed by atoms with van der Waals surface area (Å²) < 4.78 is 17.9. The first-order chi connectivity index (χ1) is 18.2. The van der Waals surface area contributed by atoms with Crippen molar-refractivity contribution in [1.82, 2.24) is 0 Å². The van der Waals surface area contributed by atoms with Gasteiger partial charge in [-0.15, -0.1) is 11.6 Å². The van der Waals surface area contributed by atoms with Crippen LogP contribution >= 0.6 is 11.6 Å². The summed E-state index contributed by atoms with van der Waals surface area (Å²) >= 11 is 5.72. The Bertz CT molecular complexity index is 408. The summed E-state index contributed by atoms with van der Waals surface area (Å²) in [5.74, 6) is 0.839. The Hall–Kier alpha value is 0.387. The number of halogens is 1. The van der Waals surface area contributed by atoms with Crippen LogP contribution in [0.3, 0.4) is 0 Å². The molecule has 0 heterocycles. The summed E-state index contributed by atoms with van der Waals surface area (Å²) in [4.78, 5) is 0. The first-order valence-corrected chi connectivity index (χ1v) is 19.2. The van der Waals surface area contributed by atoms with Gasteiger partial charge < -0.3 is 13.3 Å². The summed E-state index contributed by atoms with van der Waals surface area (Å²) in [6, 6.07) is 0.971. The fourth-order valence-electron chi connectivity index (χ4n) is 5.33. The van der Waals surface area contributed by atoms with Crippen molar-refractivity contribution in [1.29, 1.82) is 0 Å². The van der Waals surface area contributed by atoms with E-state index in [0.717, 1.165) is 11.9 Å². The van der Waals surface area contributed by atoms with Crippen LogP contribution in [0.2, 0.25) is 6.04 Å². The van der Waals surface area contributed by atoms with Gasteiger partial charge >= 0.3 is 8.80 Å². The Morgan fingerprint density at radius 2 is 0.568 bits per heavy atom. The molecular weight excluding hydrogens is 496 g/mol. The Labute approximate surface area is 239 Å². The van der Waals surface area contributed by atoms with E-state index in [1.165, 1.54) is 154 Å². The van der Waals surface area contributed by atoms with Gasteiger partial charge in [-0.05, 0) is 33.6 Å². The van der Waals surface area contributed by atoms with E-state index in [2.05, 4.69) is 0 Å². The molecule has 0 aromatic heterocycles. The molecule has 0 radical (unpaired) electrons. The van der Waals surface area contributed by atoms with Gasteiger partial charge in [-0.1, -0.05) is 141 Å². The first-order valence-electron chi connectivity index (χ1n) is 16.7. The zero-order chi connectivity index (χ0) is 27.1.